The molecule has 0 aromatic rings. The zero-order valence-electron chi connectivity index (χ0n) is 10.9. The van der Waals surface area contributed by atoms with Crippen molar-refractivity contribution in [2.75, 3.05) is 19.6 Å². The van der Waals surface area contributed by atoms with Gasteiger partial charge in [-0.2, -0.15) is 0 Å². The molecule has 1 heterocycles. The molecule has 0 spiro atoms. The van der Waals surface area contributed by atoms with Crippen molar-refractivity contribution in [3.8, 4) is 0 Å². The van der Waals surface area contributed by atoms with Crippen molar-refractivity contribution in [1.82, 2.24) is 16.0 Å². The Balaban J connectivity index is 2.50. The quantitative estimate of drug-likeness (QED) is 0.650. The number of amides is 2. The average Bonchev–Trinajstić information content (AvgIpc) is 2.30. The smallest absolute Gasteiger partial charge is 0.242 e. The van der Waals surface area contributed by atoms with Gasteiger partial charge >= 0.3 is 0 Å². The topological polar surface area (TPSA) is 70.2 Å². The summed E-state index contributed by atoms with van der Waals surface area (Å²) in [7, 11) is 0. The second-order valence-corrected chi connectivity index (χ2v) is 4.90. The molecule has 1 aliphatic rings. The van der Waals surface area contributed by atoms with E-state index >= 15 is 0 Å². The zero-order chi connectivity index (χ0) is 12.9. The first-order valence-corrected chi connectivity index (χ1v) is 6.29. The van der Waals surface area contributed by atoms with Crippen LogP contribution in [-0.4, -0.2) is 37.5 Å². The summed E-state index contributed by atoms with van der Waals surface area (Å²) in [5.74, 6) is -0.142. The first-order chi connectivity index (χ1) is 7.99. The van der Waals surface area contributed by atoms with Gasteiger partial charge in [0.15, 0.2) is 0 Å². The van der Waals surface area contributed by atoms with E-state index in [9.17, 15) is 9.59 Å². The van der Waals surface area contributed by atoms with E-state index in [1.165, 1.54) is 0 Å². The third kappa shape index (κ3) is 3.70. The molecule has 1 aliphatic heterocycles. The number of rotatable bonds is 4. The molecule has 0 aliphatic carbocycles. The zero-order valence-corrected chi connectivity index (χ0v) is 10.9. The van der Waals surface area contributed by atoms with Gasteiger partial charge in [-0.05, 0) is 39.8 Å². The maximum Gasteiger partial charge on any atom is 0.242 e. The van der Waals surface area contributed by atoms with Crippen LogP contribution in [0.25, 0.3) is 0 Å². The van der Waals surface area contributed by atoms with Crippen molar-refractivity contribution in [3.63, 3.8) is 0 Å². The molecule has 1 fully saturated rings. The second-order valence-electron chi connectivity index (χ2n) is 4.90. The fourth-order valence-corrected chi connectivity index (χ4v) is 1.97. The van der Waals surface area contributed by atoms with E-state index in [-0.39, 0.29) is 17.2 Å². The van der Waals surface area contributed by atoms with E-state index in [0.717, 1.165) is 25.9 Å². The van der Waals surface area contributed by atoms with Gasteiger partial charge < -0.3 is 16.0 Å². The Morgan fingerprint density at radius 2 is 1.94 bits per heavy atom. The molecule has 2 amide bonds. The molecule has 0 radical (unpaired) electrons. The highest BCUT2D eigenvalue weighted by Gasteiger charge is 2.35. The highest BCUT2D eigenvalue weighted by molar-refractivity contribution is 5.89. The monoisotopic (exact) mass is 241 g/mol. The van der Waals surface area contributed by atoms with Gasteiger partial charge in [0.2, 0.25) is 11.8 Å². The van der Waals surface area contributed by atoms with Crippen molar-refractivity contribution in [2.24, 2.45) is 5.41 Å². The Morgan fingerprint density at radius 3 is 2.47 bits per heavy atom. The fraction of sp³-hybridized carbons (Fsp3) is 0.833. The summed E-state index contributed by atoms with van der Waals surface area (Å²) in [5, 5.41) is 8.73. The average molecular weight is 241 g/mol. The standard InChI is InChI=1S/C12H23N3O2/c1-4-14-10(16)9(2)15-11(17)12(3)5-7-13-8-6-12/h9,13H,4-8H2,1-3H3,(H,14,16)(H,15,17). The molecular formula is C12H23N3O2. The summed E-state index contributed by atoms with van der Waals surface area (Å²) in [6, 6.07) is -0.464. The molecule has 5 heteroatoms. The van der Waals surface area contributed by atoms with Gasteiger partial charge in [0.1, 0.15) is 6.04 Å². The lowest BCUT2D eigenvalue weighted by Crippen LogP contribution is -2.52. The summed E-state index contributed by atoms with van der Waals surface area (Å²) in [6.07, 6.45) is 1.64. The molecule has 0 aromatic heterocycles. The number of piperidine rings is 1. The predicted molar refractivity (Wildman–Crippen MR) is 66.5 cm³/mol. The molecule has 98 valence electrons. The van der Waals surface area contributed by atoms with Crippen molar-refractivity contribution < 1.29 is 9.59 Å². The molecular weight excluding hydrogens is 218 g/mol. The highest BCUT2D eigenvalue weighted by atomic mass is 16.2. The first-order valence-electron chi connectivity index (χ1n) is 6.29. The summed E-state index contributed by atoms with van der Waals surface area (Å²) in [6.45, 7) is 7.85. The molecule has 5 nitrogen and oxygen atoms in total. The Kier molecular flexibility index (Phi) is 4.93. The van der Waals surface area contributed by atoms with Crippen LogP contribution in [0.15, 0.2) is 0 Å². The normalized spacial score (nSPS) is 20.4. The number of carbonyl (C=O) groups excluding carboxylic acids is 2. The summed E-state index contributed by atoms with van der Waals surface area (Å²) in [5.41, 5.74) is -0.341. The van der Waals surface area contributed by atoms with Crippen LogP contribution in [0.1, 0.15) is 33.6 Å². The second kappa shape index (κ2) is 6.00. The maximum absolute atomic E-state index is 12.1. The van der Waals surface area contributed by atoms with Gasteiger partial charge in [-0.1, -0.05) is 6.92 Å². The highest BCUT2D eigenvalue weighted by Crippen LogP contribution is 2.27. The van der Waals surface area contributed by atoms with Gasteiger partial charge in [0.05, 0.1) is 0 Å². The van der Waals surface area contributed by atoms with Crippen molar-refractivity contribution in [1.29, 1.82) is 0 Å². The number of carbonyl (C=O) groups is 2. The van der Waals surface area contributed by atoms with Crippen LogP contribution in [0.4, 0.5) is 0 Å². The number of hydrogen-bond donors (Lipinski definition) is 3. The van der Waals surface area contributed by atoms with Gasteiger partial charge in [-0.15, -0.1) is 0 Å². The third-order valence-electron chi connectivity index (χ3n) is 3.35. The molecule has 0 bridgehead atoms. The lowest BCUT2D eigenvalue weighted by atomic mass is 9.80. The van der Waals surface area contributed by atoms with Crippen molar-refractivity contribution >= 4 is 11.8 Å². The van der Waals surface area contributed by atoms with Crippen molar-refractivity contribution in [2.45, 2.75) is 39.7 Å². The number of nitrogens with one attached hydrogen (secondary N) is 3. The molecule has 1 atom stereocenters. The largest absolute Gasteiger partial charge is 0.355 e. The van der Waals surface area contributed by atoms with Crippen LogP contribution >= 0.6 is 0 Å². The van der Waals surface area contributed by atoms with Crippen LogP contribution in [0.3, 0.4) is 0 Å². The van der Waals surface area contributed by atoms with Gasteiger partial charge in [0.25, 0.3) is 0 Å². The SMILES string of the molecule is CCNC(=O)C(C)NC(=O)C1(C)CCNCC1. The Morgan fingerprint density at radius 1 is 1.35 bits per heavy atom. The van der Waals surface area contributed by atoms with E-state index in [2.05, 4.69) is 16.0 Å². The number of likely N-dealkylation sites (N-methyl/N-ethyl adjacent to an activating group) is 1. The molecule has 3 N–H and O–H groups in total. The van der Waals surface area contributed by atoms with Crippen LogP contribution in [0, 0.1) is 5.41 Å². The van der Waals surface area contributed by atoms with Gasteiger partial charge in [0, 0.05) is 12.0 Å². The van der Waals surface area contributed by atoms with E-state index < -0.39 is 6.04 Å². The molecule has 0 saturated carbocycles. The molecule has 17 heavy (non-hydrogen) atoms. The lowest BCUT2D eigenvalue weighted by molar-refractivity contribution is -0.135. The molecule has 0 aromatic carbocycles. The molecule has 1 unspecified atom stereocenters. The lowest BCUT2D eigenvalue weighted by Gasteiger charge is -2.33. The van der Waals surface area contributed by atoms with E-state index in [0.29, 0.717) is 6.54 Å². The fourth-order valence-electron chi connectivity index (χ4n) is 1.97. The minimum atomic E-state index is -0.464. The van der Waals surface area contributed by atoms with Gasteiger partial charge in [-0.25, -0.2) is 0 Å². The summed E-state index contributed by atoms with van der Waals surface area (Å²) < 4.78 is 0. The van der Waals surface area contributed by atoms with E-state index in [4.69, 9.17) is 0 Å². The summed E-state index contributed by atoms with van der Waals surface area (Å²) >= 11 is 0. The first kappa shape index (κ1) is 14.0. The van der Waals surface area contributed by atoms with Crippen LogP contribution in [-0.2, 0) is 9.59 Å². The third-order valence-corrected chi connectivity index (χ3v) is 3.35. The van der Waals surface area contributed by atoms with E-state index in [1.54, 1.807) is 6.92 Å². The van der Waals surface area contributed by atoms with Crippen molar-refractivity contribution in [3.05, 3.63) is 0 Å². The minimum Gasteiger partial charge on any atom is -0.355 e. The predicted octanol–water partition coefficient (Wildman–Crippen LogP) is 0.0169. The van der Waals surface area contributed by atoms with E-state index in [1.807, 2.05) is 13.8 Å². The molecule has 1 saturated heterocycles. The Labute approximate surface area is 103 Å². The Bertz CT molecular complexity index is 285. The maximum atomic E-state index is 12.1. The van der Waals surface area contributed by atoms with Crippen LogP contribution in [0.2, 0.25) is 0 Å². The van der Waals surface area contributed by atoms with Gasteiger partial charge in [-0.3, -0.25) is 9.59 Å². The number of hydrogen-bond acceptors (Lipinski definition) is 3. The minimum absolute atomic E-state index is 0.0160. The summed E-state index contributed by atoms with van der Waals surface area (Å²) in [4.78, 5) is 23.6. The Hall–Kier alpha value is -1.10. The van der Waals surface area contributed by atoms with Crippen LogP contribution in [0.5, 0.6) is 0 Å². The van der Waals surface area contributed by atoms with Crippen LogP contribution < -0.4 is 16.0 Å². The molecule has 1 rings (SSSR count).